The van der Waals surface area contributed by atoms with Gasteiger partial charge in [0.1, 0.15) is 0 Å². The van der Waals surface area contributed by atoms with Gasteiger partial charge in [-0.15, -0.1) is 5.41 Å². The average Bonchev–Trinajstić information content (AvgIpc) is 3.64. The number of rotatable bonds is 10. The number of benzene rings is 3. The molecule has 1 aromatic heterocycles. The first-order valence-corrected chi connectivity index (χ1v) is 14.4. The van der Waals surface area contributed by atoms with Crippen molar-refractivity contribution >= 4 is 52.0 Å². The van der Waals surface area contributed by atoms with Crippen LogP contribution in [0.5, 0.6) is 0 Å². The SMILES string of the molecule is C=C(C)c1ccccc1CC[C@@H](SCC1([CH2-])CC1)c1cccc(/C=C/c2ccc3ccc(Cl)cc3n2)c1.[Na+]. The Bertz CT molecular complexity index is 1460. The molecular formula is C34H33ClNNaS. The maximum atomic E-state index is 6.17. The number of aryl methyl sites for hydroxylation is 1. The number of nitrogens with zero attached hydrogens (tertiary/aromatic N) is 1. The molecule has 1 atom stereocenters. The van der Waals surface area contributed by atoms with Gasteiger partial charge in [0, 0.05) is 15.7 Å². The van der Waals surface area contributed by atoms with E-state index in [-0.39, 0.29) is 35.0 Å². The predicted octanol–water partition coefficient (Wildman–Crippen LogP) is 7.12. The van der Waals surface area contributed by atoms with Gasteiger partial charge in [0.15, 0.2) is 0 Å². The third-order valence-electron chi connectivity index (χ3n) is 7.11. The van der Waals surface area contributed by atoms with Crippen LogP contribution in [0.2, 0.25) is 5.02 Å². The van der Waals surface area contributed by atoms with Crippen LogP contribution in [0.25, 0.3) is 28.6 Å². The van der Waals surface area contributed by atoms with Crippen LogP contribution in [-0.2, 0) is 6.42 Å². The first kappa shape index (κ1) is 29.2. The Morgan fingerprint density at radius 1 is 1.05 bits per heavy atom. The maximum absolute atomic E-state index is 6.17. The van der Waals surface area contributed by atoms with Crippen molar-refractivity contribution in [2.75, 3.05) is 5.75 Å². The summed E-state index contributed by atoms with van der Waals surface area (Å²) in [4.78, 5) is 4.77. The van der Waals surface area contributed by atoms with Crippen LogP contribution in [0.3, 0.4) is 0 Å². The molecule has 0 N–H and O–H groups in total. The summed E-state index contributed by atoms with van der Waals surface area (Å²) in [6.45, 7) is 10.7. The normalized spacial score (nSPS) is 14.8. The van der Waals surface area contributed by atoms with E-state index >= 15 is 0 Å². The van der Waals surface area contributed by atoms with E-state index in [0.29, 0.717) is 10.3 Å². The molecule has 1 fully saturated rings. The molecule has 0 aliphatic heterocycles. The molecule has 0 unspecified atom stereocenters. The van der Waals surface area contributed by atoms with E-state index in [9.17, 15) is 0 Å². The Morgan fingerprint density at radius 2 is 1.84 bits per heavy atom. The number of hydrogen-bond acceptors (Lipinski definition) is 2. The van der Waals surface area contributed by atoms with Gasteiger partial charge in [0.05, 0.1) is 11.2 Å². The molecule has 0 radical (unpaired) electrons. The number of hydrogen-bond donors (Lipinski definition) is 0. The third kappa shape index (κ3) is 7.64. The monoisotopic (exact) mass is 545 g/mol. The fourth-order valence-corrected chi connectivity index (χ4v) is 6.26. The molecule has 5 rings (SSSR count). The molecule has 4 aromatic rings. The summed E-state index contributed by atoms with van der Waals surface area (Å²) in [6.07, 6.45) is 8.86. The minimum absolute atomic E-state index is 0. The molecule has 1 nitrogen and oxygen atoms in total. The number of allylic oxidation sites excluding steroid dienone is 1. The molecule has 0 bridgehead atoms. The summed E-state index contributed by atoms with van der Waals surface area (Å²) in [5.41, 5.74) is 8.48. The second-order valence-corrected chi connectivity index (χ2v) is 12.0. The summed E-state index contributed by atoms with van der Waals surface area (Å²) in [5, 5.41) is 2.22. The molecule has 0 saturated heterocycles. The smallest absolute Gasteiger partial charge is 0.336 e. The fourth-order valence-electron chi connectivity index (χ4n) is 4.63. The standard InChI is InChI=1S/C34H33ClNS.Na/c1-24(2)31-10-5-4-8-26(31)14-18-33(37-23-34(3)19-20-34)28-9-6-7-25(21-28)11-16-30-17-13-27-12-15-29(35)22-32(27)36-30;/h4-13,15-17,21-22,33H,1,3,14,18-20,23H2,2H3;/q-1;+1/b16-11+;/t33-;/m1./s1. The molecule has 1 heterocycles. The van der Waals surface area contributed by atoms with Gasteiger partial charge >= 0.3 is 29.6 Å². The van der Waals surface area contributed by atoms with Gasteiger partial charge in [-0.2, -0.15) is 11.8 Å². The quantitative estimate of drug-likeness (QED) is 0.155. The van der Waals surface area contributed by atoms with E-state index in [1.54, 1.807) is 0 Å². The van der Waals surface area contributed by atoms with Crippen LogP contribution in [0, 0.1) is 12.3 Å². The summed E-state index contributed by atoms with van der Waals surface area (Å²) in [7, 11) is 0. The molecule has 4 heteroatoms. The van der Waals surface area contributed by atoms with Crippen molar-refractivity contribution in [3.63, 3.8) is 0 Å². The molecule has 1 aliphatic rings. The van der Waals surface area contributed by atoms with Crippen LogP contribution in [-0.4, -0.2) is 10.7 Å². The van der Waals surface area contributed by atoms with E-state index in [2.05, 4.69) is 105 Å². The molecule has 0 spiro atoms. The second-order valence-electron chi connectivity index (χ2n) is 10.4. The molecule has 0 amide bonds. The average molecular weight is 546 g/mol. The minimum atomic E-state index is 0. The van der Waals surface area contributed by atoms with Crippen molar-refractivity contribution in [3.05, 3.63) is 125 Å². The predicted molar refractivity (Wildman–Crippen MR) is 164 cm³/mol. The molecule has 38 heavy (non-hydrogen) atoms. The topological polar surface area (TPSA) is 12.9 Å². The summed E-state index contributed by atoms with van der Waals surface area (Å²) in [5.74, 6) is 1.11. The Kier molecular flexibility index (Phi) is 10.0. The number of halogens is 1. The van der Waals surface area contributed by atoms with Gasteiger partial charge in [-0.3, -0.25) is 0 Å². The van der Waals surface area contributed by atoms with Crippen molar-refractivity contribution in [1.29, 1.82) is 0 Å². The fraction of sp³-hybridized carbons (Fsp3) is 0.235. The first-order chi connectivity index (χ1) is 17.9. The zero-order valence-electron chi connectivity index (χ0n) is 22.4. The molecule has 188 valence electrons. The van der Waals surface area contributed by atoms with E-state index in [0.717, 1.165) is 40.8 Å². The van der Waals surface area contributed by atoms with Gasteiger partial charge in [0.2, 0.25) is 0 Å². The van der Waals surface area contributed by atoms with Crippen LogP contribution in [0.1, 0.15) is 59.4 Å². The second kappa shape index (κ2) is 13.0. The van der Waals surface area contributed by atoms with E-state index in [4.69, 9.17) is 16.6 Å². The minimum Gasteiger partial charge on any atom is -0.336 e. The van der Waals surface area contributed by atoms with Crippen molar-refractivity contribution in [3.8, 4) is 0 Å². The van der Waals surface area contributed by atoms with Crippen molar-refractivity contribution in [2.45, 2.75) is 37.9 Å². The van der Waals surface area contributed by atoms with Gasteiger partial charge in [-0.05, 0) is 72.0 Å². The number of aromatic nitrogens is 1. The number of thioether (sulfide) groups is 1. The van der Waals surface area contributed by atoms with Crippen molar-refractivity contribution < 1.29 is 29.6 Å². The number of fused-ring (bicyclic) bond motifs is 1. The van der Waals surface area contributed by atoms with Gasteiger partial charge in [-0.25, -0.2) is 4.98 Å². The Morgan fingerprint density at radius 3 is 2.63 bits per heavy atom. The van der Waals surface area contributed by atoms with Crippen molar-refractivity contribution in [1.82, 2.24) is 4.98 Å². The Balaban J connectivity index is 0.00000336. The van der Waals surface area contributed by atoms with E-state index < -0.39 is 0 Å². The zero-order chi connectivity index (χ0) is 25.8. The maximum Gasteiger partial charge on any atom is 1.00 e. The molecule has 3 aromatic carbocycles. The third-order valence-corrected chi connectivity index (χ3v) is 9.03. The van der Waals surface area contributed by atoms with Gasteiger partial charge in [0.25, 0.3) is 0 Å². The van der Waals surface area contributed by atoms with Crippen LogP contribution < -0.4 is 29.6 Å². The van der Waals surface area contributed by atoms with E-state index in [1.807, 2.05) is 18.2 Å². The van der Waals surface area contributed by atoms with Crippen LogP contribution >= 0.6 is 23.4 Å². The van der Waals surface area contributed by atoms with E-state index in [1.165, 1.54) is 35.1 Å². The number of pyridine rings is 1. The summed E-state index contributed by atoms with van der Waals surface area (Å²) in [6, 6.07) is 27.6. The Labute approximate surface area is 259 Å². The van der Waals surface area contributed by atoms with Gasteiger partial charge < -0.3 is 6.92 Å². The largest absolute Gasteiger partial charge is 1.00 e. The van der Waals surface area contributed by atoms with Gasteiger partial charge in [-0.1, -0.05) is 103 Å². The summed E-state index contributed by atoms with van der Waals surface area (Å²) < 4.78 is 0. The van der Waals surface area contributed by atoms with Crippen LogP contribution in [0.4, 0.5) is 0 Å². The molecular weight excluding hydrogens is 513 g/mol. The molecule has 1 aliphatic carbocycles. The molecule has 1 saturated carbocycles. The zero-order valence-corrected chi connectivity index (χ0v) is 26.0. The Hall–Kier alpha value is -1.81. The first-order valence-electron chi connectivity index (χ1n) is 12.9. The van der Waals surface area contributed by atoms with Crippen molar-refractivity contribution in [2.24, 2.45) is 5.41 Å². The summed E-state index contributed by atoms with van der Waals surface area (Å²) >= 11 is 8.24. The van der Waals surface area contributed by atoms with Crippen LogP contribution in [0.15, 0.2) is 85.4 Å².